The molecule has 2 aliphatic rings. The fraction of sp³-hybridized carbons (Fsp3) is 0.824. The maximum absolute atomic E-state index is 11.6. The van der Waals surface area contributed by atoms with Gasteiger partial charge in [0.1, 0.15) is 0 Å². The molecule has 0 bridgehead atoms. The molecule has 2 atom stereocenters. The van der Waals surface area contributed by atoms with E-state index in [1.54, 1.807) is 0 Å². The molecule has 4 heteroatoms. The first-order valence-corrected chi connectivity index (χ1v) is 10.5. The van der Waals surface area contributed by atoms with Crippen molar-refractivity contribution in [2.75, 3.05) is 6.61 Å². The van der Waals surface area contributed by atoms with E-state index in [1.807, 2.05) is 0 Å². The Morgan fingerprint density at radius 1 is 1.14 bits per heavy atom. The highest BCUT2D eigenvalue weighted by Gasteiger charge is 2.48. The van der Waals surface area contributed by atoms with Crippen molar-refractivity contribution in [3.63, 3.8) is 0 Å². The summed E-state index contributed by atoms with van der Waals surface area (Å²) >= 11 is 0. The number of allylic oxidation sites excluding steroid dienone is 1. The van der Waals surface area contributed by atoms with Crippen molar-refractivity contribution in [3.05, 3.63) is 11.8 Å². The monoisotopic (exact) mass is 310 g/mol. The Kier molecular flexibility index (Phi) is 4.86. The molecule has 1 aliphatic heterocycles. The zero-order valence-corrected chi connectivity index (χ0v) is 15.3. The summed E-state index contributed by atoms with van der Waals surface area (Å²) in [7, 11) is -1.87. The van der Waals surface area contributed by atoms with Gasteiger partial charge in [0, 0.05) is 12.3 Å². The first-order chi connectivity index (χ1) is 9.79. The number of ether oxygens (including phenoxy) is 1. The first kappa shape index (κ1) is 16.6. The smallest absolute Gasteiger partial charge is 0.309 e. The van der Waals surface area contributed by atoms with E-state index in [-0.39, 0.29) is 17.8 Å². The minimum Gasteiger partial charge on any atom is -0.546 e. The highest BCUT2D eigenvalue weighted by Crippen LogP contribution is 2.45. The van der Waals surface area contributed by atoms with Gasteiger partial charge < -0.3 is 9.16 Å². The topological polar surface area (TPSA) is 35.5 Å². The minimum atomic E-state index is -1.87. The van der Waals surface area contributed by atoms with Crippen LogP contribution in [0.3, 0.4) is 0 Å². The molecule has 1 fully saturated rings. The van der Waals surface area contributed by atoms with Gasteiger partial charge in [-0.15, -0.1) is 0 Å². The van der Waals surface area contributed by atoms with Gasteiger partial charge in [-0.25, -0.2) is 0 Å². The third-order valence-electron chi connectivity index (χ3n) is 5.35. The van der Waals surface area contributed by atoms with Gasteiger partial charge >= 0.3 is 5.97 Å². The third kappa shape index (κ3) is 2.92. The van der Waals surface area contributed by atoms with Crippen LogP contribution in [-0.4, -0.2) is 20.9 Å². The molecule has 0 amide bonds. The lowest BCUT2D eigenvalue weighted by atomic mass is 9.86. The fourth-order valence-electron chi connectivity index (χ4n) is 4.36. The molecule has 0 aromatic carbocycles. The Labute approximate surface area is 130 Å². The van der Waals surface area contributed by atoms with Crippen molar-refractivity contribution in [2.45, 2.75) is 71.0 Å². The standard InChI is InChI=1S/C17H30O3Si/c1-11(2)21(12(3)4,13(5)6)20-15-7-8-16-14(9-15)10-19-17(16)18/h9,11-14,16H,7-8,10H2,1-6H3/t14-,16-/m1/s1. The molecular formula is C17H30O3Si. The number of carbonyl (C=O) groups is 1. The van der Waals surface area contributed by atoms with Gasteiger partial charge in [0.15, 0.2) is 0 Å². The van der Waals surface area contributed by atoms with E-state index in [2.05, 4.69) is 47.6 Å². The Bertz CT molecular complexity index is 404. The van der Waals surface area contributed by atoms with Gasteiger partial charge in [-0.1, -0.05) is 41.5 Å². The Morgan fingerprint density at radius 3 is 2.24 bits per heavy atom. The van der Waals surface area contributed by atoms with E-state index in [4.69, 9.17) is 9.16 Å². The predicted molar refractivity (Wildman–Crippen MR) is 87.4 cm³/mol. The van der Waals surface area contributed by atoms with Crippen molar-refractivity contribution in [2.24, 2.45) is 11.8 Å². The van der Waals surface area contributed by atoms with Crippen molar-refractivity contribution >= 4 is 14.3 Å². The molecule has 1 heterocycles. The average molecular weight is 311 g/mol. The number of rotatable bonds is 5. The maximum Gasteiger partial charge on any atom is 0.309 e. The quantitative estimate of drug-likeness (QED) is 0.548. The van der Waals surface area contributed by atoms with Crippen LogP contribution in [0.4, 0.5) is 0 Å². The Balaban J connectivity index is 2.22. The van der Waals surface area contributed by atoms with Crippen LogP contribution in [0.5, 0.6) is 0 Å². The van der Waals surface area contributed by atoms with Gasteiger partial charge in [0.25, 0.3) is 8.32 Å². The number of hydrogen-bond donors (Lipinski definition) is 0. The van der Waals surface area contributed by atoms with Crippen LogP contribution in [0.1, 0.15) is 54.4 Å². The van der Waals surface area contributed by atoms with Gasteiger partial charge in [0.2, 0.25) is 0 Å². The lowest BCUT2D eigenvalue weighted by Crippen LogP contribution is -2.47. The molecule has 2 rings (SSSR count). The number of cyclic esters (lactones) is 1. The number of esters is 1. The molecule has 1 saturated heterocycles. The van der Waals surface area contributed by atoms with Crippen LogP contribution in [0.2, 0.25) is 16.6 Å². The van der Waals surface area contributed by atoms with Gasteiger partial charge in [-0.3, -0.25) is 4.79 Å². The van der Waals surface area contributed by atoms with E-state index in [0.29, 0.717) is 23.2 Å². The highest BCUT2D eigenvalue weighted by molar-refractivity contribution is 6.77. The molecule has 0 aromatic heterocycles. The van der Waals surface area contributed by atoms with Crippen molar-refractivity contribution in [1.82, 2.24) is 0 Å². The molecule has 120 valence electrons. The summed E-state index contributed by atoms with van der Waals surface area (Å²) in [6.07, 6.45) is 3.96. The lowest BCUT2D eigenvalue weighted by Gasteiger charge is -2.43. The Morgan fingerprint density at radius 2 is 1.71 bits per heavy atom. The number of hydrogen-bond acceptors (Lipinski definition) is 3. The molecule has 0 saturated carbocycles. The van der Waals surface area contributed by atoms with Crippen molar-refractivity contribution in [1.29, 1.82) is 0 Å². The van der Waals surface area contributed by atoms with Crippen LogP contribution < -0.4 is 0 Å². The van der Waals surface area contributed by atoms with Gasteiger partial charge in [-0.05, 0) is 29.1 Å². The summed E-state index contributed by atoms with van der Waals surface area (Å²) < 4.78 is 11.9. The SMILES string of the molecule is CC(C)[Si](OC1=C[C@@H]2COC(=O)[C@@H]2CC1)(C(C)C)C(C)C. The first-order valence-electron chi connectivity index (χ1n) is 8.35. The zero-order chi connectivity index (χ0) is 15.8. The predicted octanol–water partition coefficient (Wildman–Crippen LogP) is 4.65. The summed E-state index contributed by atoms with van der Waals surface area (Å²) in [5, 5.41) is 0. The summed E-state index contributed by atoms with van der Waals surface area (Å²) in [5.41, 5.74) is 1.74. The highest BCUT2D eigenvalue weighted by atomic mass is 28.4. The van der Waals surface area contributed by atoms with Gasteiger partial charge in [-0.2, -0.15) is 0 Å². The van der Waals surface area contributed by atoms with Crippen LogP contribution >= 0.6 is 0 Å². The largest absolute Gasteiger partial charge is 0.546 e. The van der Waals surface area contributed by atoms with E-state index in [0.717, 1.165) is 18.6 Å². The molecular weight excluding hydrogens is 280 g/mol. The molecule has 1 aliphatic carbocycles. The number of carbonyl (C=O) groups excluding carboxylic acids is 1. The lowest BCUT2D eigenvalue weighted by molar-refractivity contribution is -0.141. The second-order valence-corrected chi connectivity index (χ2v) is 12.9. The van der Waals surface area contributed by atoms with E-state index in [9.17, 15) is 4.79 Å². The molecule has 3 nitrogen and oxygen atoms in total. The van der Waals surface area contributed by atoms with E-state index < -0.39 is 8.32 Å². The normalized spacial score (nSPS) is 26.1. The van der Waals surface area contributed by atoms with Crippen molar-refractivity contribution in [3.8, 4) is 0 Å². The van der Waals surface area contributed by atoms with Crippen LogP contribution in [0, 0.1) is 11.8 Å². The van der Waals surface area contributed by atoms with E-state index in [1.165, 1.54) is 0 Å². The van der Waals surface area contributed by atoms with Crippen LogP contribution in [0.25, 0.3) is 0 Å². The average Bonchev–Trinajstić information content (AvgIpc) is 2.76. The zero-order valence-electron chi connectivity index (χ0n) is 14.3. The van der Waals surface area contributed by atoms with Gasteiger partial charge in [0.05, 0.1) is 18.3 Å². The molecule has 0 unspecified atom stereocenters. The summed E-state index contributed by atoms with van der Waals surface area (Å²) in [4.78, 5) is 11.6. The molecule has 21 heavy (non-hydrogen) atoms. The maximum atomic E-state index is 11.6. The molecule has 0 N–H and O–H groups in total. The van der Waals surface area contributed by atoms with Crippen molar-refractivity contribution < 1.29 is 14.0 Å². The fourth-order valence-corrected chi connectivity index (χ4v) is 9.69. The number of fused-ring (bicyclic) bond motifs is 1. The molecule has 0 spiro atoms. The second-order valence-electron chi connectivity index (χ2n) is 7.49. The van der Waals surface area contributed by atoms with Crippen LogP contribution in [-0.2, 0) is 14.0 Å². The van der Waals surface area contributed by atoms with E-state index >= 15 is 0 Å². The Hall–Kier alpha value is -0.773. The molecule has 0 radical (unpaired) electrons. The summed E-state index contributed by atoms with van der Waals surface area (Å²) in [5.74, 6) is 1.41. The van der Waals surface area contributed by atoms with Crippen LogP contribution in [0.15, 0.2) is 11.8 Å². The summed E-state index contributed by atoms with van der Waals surface area (Å²) in [6.45, 7) is 14.4. The summed E-state index contributed by atoms with van der Waals surface area (Å²) in [6, 6.07) is 0. The second kappa shape index (κ2) is 6.15. The minimum absolute atomic E-state index is 0.0182. The third-order valence-corrected chi connectivity index (χ3v) is 11.4. The molecule has 0 aromatic rings.